The van der Waals surface area contributed by atoms with Crippen LogP contribution in [0.1, 0.15) is 65.3 Å². The van der Waals surface area contributed by atoms with E-state index in [2.05, 4.69) is 25.2 Å². The maximum Gasteiger partial charge on any atom is 0.252 e. The third-order valence-corrected chi connectivity index (χ3v) is 8.11. The van der Waals surface area contributed by atoms with Crippen molar-refractivity contribution in [3.63, 3.8) is 0 Å². The van der Waals surface area contributed by atoms with Gasteiger partial charge >= 0.3 is 0 Å². The van der Waals surface area contributed by atoms with Gasteiger partial charge in [-0.1, -0.05) is 31.2 Å². The smallest absolute Gasteiger partial charge is 0.252 e. The summed E-state index contributed by atoms with van der Waals surface area (Å²) in [5.41, 5.74) is 4.56. The Labute approximate surface area is 180 Å². The predicted molar refractivity (Wildman–Crippen MR) is 120 cm³/mol. The van der Waals surface area contributed by atoms with Gasteiger partial charge in [0.2, 0.25) is 10.0 Å². The van der Waals surface area contributed by atoms with Gasteiger partial charge in [-0.2, -0.15) is 4.31 Å². The first kappa shape index (κ1) is 22.5. The zero-order chi connectivity index (χ0) is 22.1. The van der Waals surface area contributed by atoms with E-state index in [1.165, 1.54) is 21.5 Å². The van der Waals surface area contributed by atoms with E-state index in [4.69, 9.17) is 0 Å². The minimum atomic E-state index is -3.60. The van der Waals surface area contributed by atoms with Crippen molar-refractivity contribution in [1.29, 1.82) is 0 Å². The Morgan fingerprint density at radius 3 is 2.27 bits per heavy atom. The molecule has 2 aromatic rings. The highest BCUT2D eigenvalue weighted by atomic mass is 32.2. The molecule has 1 fully saturated rings. The Morgan fingerprint density at radius 1 is 1.00 bits per heavy atom. The topological polar surface area (TPSA) is 66.5 Å². The molecule has 0 unspecified atom stereocenters. The van der Waals surface area contributed by atoms with Crippen LogP contribution in [0.15, 0.2) is 41.3 Å². The largest absolute Gasteiger partial charge is 0.346 e. The van der Waals surface area contributed by atoms with Gasteiger partial charge in [-0.05, 0) is 80.8 Å². The number of carbonyl (C=O) groups excluding carboxylic acids is 1. The molecule has 0 saturated carbocycles. The number of rotatable bonds is 5. The molecule has 1 heterocycles. The number of amides is 1. The van der Waals surface area contributed by atoms with Gasteiger partial charge in [0, 0.05) is 18.7 Å². The summed E-state index contributed by atoms with van der Waals surface area (Å²) in [5, 5.41) is 3.02. The summed E-state index contributed by atoms with van der Waals surface area (Å²) in [5.74, 6) is 0.283. The summed E-state index contributed by atoms with van der Waals surface area (Å²) in [4.78, 5) is 13.2. The van der Waals surface area contributed by atoms with Crippen molar-refractivity contribution in [2.45, 2.75) is 58.4 Å². The number of nitrogens with one attached hydrogen (secondary N) is 1. The molecule has 0 aromatic heterocycles. The molecule has 0 radical (unpaired) electrons. The van der Waals surface area contributed by atoms with E-state index in [-0.39, 0.29) is 16.8 Å². The monoisotopic (exact) mass is 428 g/mol. The summed E-state index contributed by atoms with van der Waals surface area (Å²) < 4.78 is 27.7. The summed E-state index contributed by atoms with van der Waals surface area (Å²) in [7, 11) is -3.60. The predicted octanol–water partition coefficient (Wildman–Crippen LogP) is 4.52. The summed E-state index contributed by atoms with van der Waals surface area (Å²) in [6.07, 6.45) is 1.73. The van der Waals surface area contributed by atoms with E-state index in [1.54, 1.807) is 12.1 Å². The average molecular weight is 429 g/mol. The second-order valence-electron chi connectivity index (χ2n) is 8.60. The molecule has 1 aliphatic heterocycles. The van der Waals surface area contributed by atoms with Crippen LogP contribution < -0.4 is 5.32 Å². The molecule has 3 rings (SSSR count). The van der Waals surface area contributed by atoms with E-state index < -0.39 is 10.0 Å². The number of piperidine rings is 1. The highest BCUT2D eigenvalue weighted by Crippen LogP contribution is 2.25. The van der Waals surface area contributed by atoms with Crippen LogP contribution in [-0.4, -0.2) is 31.7 Å². The summed E-state index contributed by atoms with van der Waals surface area (Å²) in [6, 6.07) is 10.8. The zero-order valence-corrected chi connectivity index (χ0v) is 19.3. The van der Waals surface area contributed by atoms with Gasteiger partial charge in [0.1, 0.15) is 0 Å². The number of hydrogen-bond donors (Lipinski definition) is 1. The Hall–Kier alpha value is -2.18. The fraction of sp³-hybridized carbons (Fsp3) is 0.458. The lowest BCUT2D eigenvalue weighted by Crippen LogP contribution is -2.38. The standard InChI is InChI=1S/C24H32N2O3S/c1-16-10-12-26(13-11-16)30(28,29)22-9-7-18(3)23(15-22)24(27)25-20(5)21-8-6-17(2)19(4)14-21/h6-9,14-16,20H,10-13H2,1-5H3,(H,25,27)/t20-/m1/s1. The van der Waals surface area contributed by atoms with Gasteiger partial charge in [-0.15, -0.1) is 0 Å². The van der Waals surface area contributed by atoms with E-state index in [0.29, 0.717) is 24.6 Å². The van der Waals surface area contributed by atoms with Gasteiger partial charge in [0.25, 0.3) is 5.91 Å². The SMILES string of the molecule is Cc1ccc([C@@H](C)NC(=O)c2cc(S(=O)(=O)N3CCC(C)CC3)ccc2C)cc1C. The normalized spacial score (nSPS) is 17.0. The quantitative estimate of drug-likeness (QED) is 0.761. The molecule has 6 heteroatoms. The lowest BCUT2D eigenvalue weighted by Gasteiger charge is -2.29. The van der Waals surface area contributed by atoms with E-state index in [9.17, 15) is 13.2 Å². The van der Waals surface area contributed by atoms with Crippen LogP contribution in [0.4, 0.5) is 0 Å². The summed E-state index contributed by atoms with van der Waals surface area (Å²) >= 11 is 0. The Bertz CT molecular complexity index is 1040. The van der Waals surface area contributed by atoms with Crippen LogP contribution in [0.3, 0.4) is 0 Å². The van der Waals surface area contributed by atoms with Crippen LogP contribution in [0.5, 0.6) is 0 Å². The third-order valence-electron chi connectivity index (χ3n) is 6.21. The molecule has 1 amide bonds. The van der Waals surface area contributed by atoms with Crippen LogP contribution >= 0.6 is 0 Å². The average Bonchev–Trinajstić information content (AvgIpc) is 2.70. The molecule has 30 heavy (non-hydrogen) atoms. The second kappa shape index (κ2) is 8.90. The molecule has 2 aromatic carbocycles. The first-order chi connectivity index (χ1) is 14.1. The van der Waals surface area contributed by atoms with Gasteiger partial charge in [-0.3, -0.25) is 4.79 Å². The van der Waals surface area contributed by atoms with Crippen LogP contribution in [0, 0.1) is 26.7 Å². The minimum Gasteiger partial charge on any atom is -0.346 e. The highest BCUT2D eigenvalue weighted by Gasteiger charge is 2.29. The molecule has 0 bridgehead atoms. The van der Waals surface area contributed by atoms with E-state index in [1.807, 2.05) is 32.9 Å². The Kier molecular flexibility index (Phi) is 6.68. The maximum absolute atomic E-state index is 13.1. The van der Waals surface area contributed by atoms with Gasteiger partial charge in [-0.25, -0.2) is 8.42 Å². The molecule has 1 saturated heterocycles. The van der Waals surface area contributed by atoms with Crippen molar-refractivity contribution < 1.29 is 13.2 Å². The van der Waals surface area contributed by atoms with Crippen molar-refractivity contribution in [3.05, 3.63) is 64.2 Å². The number of benzene rings is 2. The van der Waals surface area contributed by atoms with E-state index in [0.717, 1.165) is 24.0 Å². The van der Waals surface area contributed by atoms with Crippen LogP contribution in [-0.2, 0) is 10.0 Å². The van der Waals surface area contributed by atoms with E-state index >= 15 is 0 Å². The van der Waals surface area contributed by atoms with Crippen molar-refractivity contribution in [2.75, 3.05) is 13.1 Å². The fourth-order valence-electron chi connectivity index (χ4n) is 3.77. The molecule has 0 aliphatic carbocycles. The summed E-state index contributed by atoms with van der Waals surface area (Å²) in [6.45, 7) is 11.1. The first-order valence-corrected chi connectivity index (χ1v) is 12.0. The molecule has 0 spiro atoms. The van der Waals surface area contributed by atoms with Crippen molar-refractivity contribution >= 4 is 15.9 Å². The van der Waals surface area contributed by atoms with Crippen molar-refractivity contribution in [1.82, 2.24) is 9.62 Å². The maximum atomic E-state index is 13.1. The van der Waals surface area contributed by atoms with Crippen molar-refractivity contribution in [2.24, 2.45) is 5.92 Å². The molecule has 1 aliphatic rings. The molecule has 5 nitrogen and oxygen atoms in total. The Morgan fingerprint density at radius 2 is 1.63 bits per heavy atom. The van der Waals surface area contributed by atoms with Crippen LogP contribution in [0.25, 0.3) is 0 Å². The van der Waals surface area contributed by atoms with Crippen LogP contribution in [0.2, 0.25) is 0 Å². The Balaban J connectivity index is 1.82. The number of aryl methyl sites for hydroxylation is 3. The minimum absolute atomic E-state index is 0.181. The molecule has 162 valence electrons. The number of sulfonamides is 1. The van der Waals surface area contributed by atoms with Gasteiger partial charge < -0.3 is 5.32 Å². The number of hydrogen-bond acceptors (Lipinski definition) is 3. The lowest BCUT2D eigenvalue weighted by atomic mass is 10.0. The number of nitrogens with zero attached hydrogens (tertiary/aromatic N) is 1. The first-order valence-electron chi connectivity index (χ1n) is 10.6. The zero-order valence-electron chi connectivity index (χ0n) is 18.5. The third kappa shape index (κ3) is 4.76. The molecule has 1 atom stereocenters. The molecular formula is C24H32N2O3S. The number of carbonyl (C=O) groups is 1. The van der Waals surface area contributed by atoms with Gasteiger partial charge in [0.05, 0.1) is 10.9 Å². The lowest BCUT2D eigenvalue weighted by molar-refractivity contribution is 0.0939. The second-order valence-corrected chi connectivity index (χ2v) is 10.5. The highest BCUT2D eigenvalue weighted by molar-refractivity contribution is 7.89. The fourth-order valence-corrected chi connectivity index (χ4v) is 5.27. The molecular weight excluding hydrogens is 396 g/mol. The van der Waals surface area contributed by atoms with Gasteiger partial charge in [0.15, 0.2) is 0 Å². The molecule has 1 N–H and O–H groups in total. The van der Waals surface area contributed by atoms with Crippen molar-refractivity contribution in [3.8, 4) is 0 Å².